The van der Waals surface area contributed by atoms with Gasteiger partial charge in [-0.05, 0) is 61.1 Å². The van der Waals surface area contributed by atoms with E-state index in [1.807, 2.05) is 24.4 Å². The Morgan fingerprint density at radius 3 is 2.74 bits per heavy atom. The monoisotopic (exact) mass is 313 g/mol. The number of ether oxygens (including phenoxy) is 1. The molecule has 0 aliphatic heterocycles. The fraction of sp³-hybridized carbons (Fsp3) is 0.421. The third-order valence-electron chi connectivity index (χ3n) is 3.51. The molecule has 0 radical (unpaired) electrons. The second-order valence-corrected chi connectivity index (χ2v) is 6.33. The topological polar surface area (TPSA) is 60.2 Å². The van der Waals surface area contributed by atoms with E-state index in [0.717, 1.165) is 36.6 Å². The van der Waals surface area contributed by atoms with Gasteiger partial charge in [0.1, 0.15) is 11.6 Å². The molecule has 0 bridgehead atoms. The molecule has 0 unspecified atom stereocenters. The number of aromatic nitrogens is 1. The van der Waals surface area contributed by atoms with Crippen molar-refractivity contribution in [2.75, 3.05) is 24.2 Å². The summed E-state index contributed by atoms with van der Waals surface area (Å²) in [4.78, 5) is 4.30. The number of anilines is 2. The minimum Gasteiger partial charge on any atom is -0.491 e. The van der Waals surface area contributed by atoms with Crippen molar-refractivity contribution in [2.24, 2.45) is 5.92 Å². The molecule has 4 nitrogen and oxygen atoms in total. The molecule has 4 heteroatoms. The first-order valence-electron chi connectivity index (χ1n) is 8.22. The number of pyridine rings is 1. The maximum atomic E-state index is 6.07. The first-order chi connectivity index (χ1) is 11.0. The number of nitrogens with two attached hydrogens (primary N) is 1. The molecule has 0 saturated heterocycles. The predicted octanol–water partition coefficient (Wildman–Crippen LogP) is 4.05. The van der Waals surface area contributed by atoms with Crippen molar-refractivity contribution in [1.29, 1.82) is 0 Å². The van der Waals surface area contributed by atoms with Crippen molar-refractivity contribution in [3.05, 3.63) is 47.7 Å². The van der Waals surface area contributed by atoms with E-state index in [2.05, 4.69) is 43.2 Å². The lowest BCUT2D eigenvalue weighted by Gasteiger charge is -2.12. The lowest BCUT2D eigenvalue weighted by atomic mass is 10.1. The number of nitrogen functional groups attached to an aromatic ring is 1. The van der Waals surface area contributed by atoms with Crippen molar-refractivity contribution in [3.8, 4) is 5.75 Å². The Morgan fingerprint density at radius 2 is 2.04 bits per heavy atom. The number of aryl methyl sites for hydroxylation is 2. The fourth-order valence-electron chi connectivity index (χ4n) is 2.28. The summed E-state index contributed by atoms with van der Waals surface area (Å²) in [7, 11) is 0. The van der Waals surface area contributed by atoms with Gasteiger partial charge < -0.3 is 15.8 Å². The van der Waals surface area contributed by atoms with Gasteiger partial charge in [0, 0.05) is 12.7 Å². The molecule has 2 rings (SSSR count). The van der Waals surface area contributed by atoms with Crippen LogP contribution in [0.1, 0.15) is 31.4 Å². The third-order valence-corrected chi connectivity index (χ3v) is 3.51. The van der Waals surface area contributed by atoms with Crippen molar-refractivity contribution in [2.45, 2.75) is 33.6 Å². The van der Waals surface area contributed by atoms with Gasteiger partial charge in [0.2, 0.25) is 0 Å². The molecular weight excluding hydrogens is 286 g/mol. The predicted molar refractivity (Wildman–Crippen MR) is 97.0 cm³/mol. The van der Waals surface area contributed by atoms with Gasteiger partial charge in [-0.2, -0.15) is 0 Å². The molecule has 1 heterocycles. The number of nitrogens with zero attached hydrogens (tertiary/aromatic N) is 1. The maximum absolute atomic E-state index is 6.07. The lowest BCUT2D eigenvalue weighted by molar-refractivity contribution is 0.272. The van der Waals surface area contributed by atoms with E-state index in [9.17, 15) is 0 Å². The van der Waals surface area contributed by atoms with Crippen LogP contribution in [0.25, 0.3) is 0 Å². The quantitative estimate of drug-likeness (QED) is 0.570. The molecule has 0 aliphatic rings. The summed E-state index contributed by atoms with van der Waals surface area (Å²) in [6.07, 6.45) is 3.84. The van der Waals surface area contributed by atoms with Crippen molar-refractivity contribution >= 4 is 11.5 Å². The lowest BCUT2D eigenvalue weighted by Crippen LogP contribution is -2.07. The summed E-state index contributed by atoms with van der Waals surface area (Å²) in [5.74, 6) is 2.21. The van der Waals surface area contributed by atoms with Gasteiger partial charge in [-0.25, -0.2) is 4.98 Å². The normalized spacial score (nSPS) is 10.8. The molecule has 23 heavy (non-hydrogen) atoms. The molecule has 1 aromatic heterocycles. The summed E-state index contributed by atoms with van der Waals surface area (Å²) in [6, 6.07) is 10.1. The van der Waals surface area contributed by atoms with Gasteiger partial charge in [-0.1, -0.05) is 19.9 Å². The molecule has 2 aromatic rings. The third kappa shape index (κ3) is 5.81. The maximum Gasteiger partial charge on any atom is 0.142 e. The zero-order valence-electron chi connectivity index (χ0n) is 14.3. The minimum absolute atomic E-state index is 0.496. The second kappa shape index (κ2) is 8.42. The fourth-order valence-corrected chi connectivity index (χ4v) is 2.28. The SMILES string of the molecule is Cc1ccnc(NCCCc2ccc(OCC(C)C)c(N)c2)c1. The van der Waals surface area contributed by atoms with E-state index in [1.54, 1.807) is 0 Å². The molecule has 0 saturated carbocycles. The van der Waals surface area contributed by atoms with Crippen LogP contribution >= 0.6 is 0 Å². The highest BCUT2D eigenvalue weighted by atomic mass is 16.5. The van der Waals surface area contributed by atoms with Gasteiger partial charge in [-0.15, -0.1) is 0 Å². The van der Waals surface area contributed by atoms with Crippen LogP contribution in [0.2, 0.25) is 0 Å². The van der Waals surface area contributed by atoms with E-state index in [0.29, 0.717) is 12.5 Å². The van der Waals surface area contributed by atoms with E-state index in [1.165, 1.54) is 11.1 Å². The Morgan fingerprint density at radius 1 is 1.22 bits per heavy atom. The molecule has 3 N–H and O–H groups in total. The van der Waals surface area contributed by atoms with Crippen LogP contribution in [0.15, 0.2) is 36.5 Å². The van der Waals surface area contributed by atoms with Gasteiger partial charge in [0.25, 0.3) is 0 Å². The minimum atomic E-state index is 0.496. The molecule has 0 atom stereocenters. The van der Waals surface area contributed by atoms with Crippen LogP contribution < -0.4 is 15.8 Å². The summed E-state index contributed by atoms with van der Waals surface area (Å²) in [6.45, 7) is 7.90. The van der Waals surface area contributed by atoms with E-state index >= 15 is 0 Å². The summed E-state index contributed by atoms with van der Waals surface area (Å²) in [5.41, 5.74) is 9.24. The highest BCUT2D eigenvalue weighted by Gasteiger charge is 2.04. The van der Waals surface area contributed by atoms with Crippen LogP contribution in [0.5, 0.6) is 5.75 Å². The second-order valence-electron chi connectivity index (χ2n) is 6.33. The van der Waals surface area contributed by atoms with E-state index in [4.69, 9.17) is 10.5 Å². The molecule has 0 fully saturated rings. The molecule has 1 aromatic carbocycles. The summed E-state index contributed by atoms with van der Waals surface area (Å²) < 4.78 is 5.70. The van der Waals surface area contributed by atoms with Gasteiger partial charge >= 0.3 is 0 Å². The first kappa shape index (κ1) is 17.1. The molecule has 124 valence electrons. The molecule has 0 spiro atoms. The van der Waals surface area contributed by atoms with Crippen LogP contribution in [-0.4, -0.2) is 18.1 Å². The summed E-state index contributed by atoms with van der Waals surface area (Å²) >= 11 is 0. The average Bonchev–Trinajstić information content (AvgIpc) is 2.50. The number of rotatable bonds is 8. The standard InChI is InChI=1S/C19H27N3O/c1-14(2)13-23-18-7-6-16(12-17(18)20)5-4-9-21-19-11-15(3)8-10-22-19/h6-8,10-12,14H,4-5,9,13,20H2,1-3H3,(H,21,22). The Hall–Kier alpha value is -2.23. The Labute approximate surface area is 139 Å². The van der Waals surface area contributed by atoms with Crippen molar-refractivity contribution in [3.63, 3.8) is 0 Å². The van der Waals surface area contributed by atoms with E-state index < -0.39 is 0 Å². The van der Waals surface area contributed by atoms with Gasteiger partial charge in [0.15, 0.2) is 0 Å². The Balaban J connectivity index is 1.78. The zero-order valence-corrected chi connectivity index (χ0v) is 14.3. The van der Waals surface area contributed by atoms with Gasteiger partial charge in [0.05, 0.1) is 12.3 Å². The number of hydrogen-bond donors (Lipinski definition) is 2. The molecule has 0 amide bonds. The highest BCUT2D eigenvalue weighted by Crippen LogP contribution is 2.23. The van der Waals surface area contributed by atoms with Gasteiger partial charge in [-0.3, -0.25) is 0 Å². The van der Waals surface area contributed by atoms with Crippen LogP contribution in [0.4, 0.5) is 11.5 Å². The van der Waals surface area contributed by atoms with E-state index in [-0.39, 0.29) is 0 Å². The first-order valence-corrected chi connectivity index (χ1v) is 8.22. The summed E-state index contributed by atoms with van der Waals surface area (Å²) in [5, 5.41) is 3.35. The Kier molecular flexibility index (Phi) is 6.27. The average molecular weight is 313 g/mol. The largest absolute Gasteiger partial charge is 0.491 e. The number of hydrogen-bond acceptors (Lipinski definition) is 4. The van der Waals surface area contributed by atoms with Crippen LogP contribution in [0.3, 0.4) is 0 Å². The van der Waals surface area contributed by atoms with Crippen molar-refractivity contribution < 1.29 is 4.74 Å². The van der Waals surface area contributed by atoms with Crippen LogP contribution in [0, 0.1) is 12.8 Å². The number of benzene rings is 1. The molecule has 0 aliphatic carbocycles. The smallest absolute Gasteiger partial charge is 0.142 e. The molecular formula is C19H27N3O. The zero-order chi connectivity index (χ0) is 16.7. The van der Waals surface area contributed by atoms with Crippen LogP contribution in [-0.2, 0) is 6.42 Å². The van der Waals surface area contributed by atoms with Crippen molar-refractivity contribution in [1.82, 2.24) is 4.98 Å². The number of nitrogens with one attached hydrogen (secondary N) is 1. The highest BCUT2D eigenvalue weighted by molar-refractivity contribution is 5.54. The Bertz CT molecular complexity index is 626.